The maximum absolute atomic E-state index is 12.3. The number of amides is 2. The van der Waals surface area contributed by atoms with Gasteiger partial charge in [-0.15, -0.1) is 0 Å². The van der Waals surface area contributed by atoms with Crippen molar-refractivity contribution in [2.45, 2.75) is 20.8 Å². The Hall–Kier alpha value is -2.69. The second-order valence-electron chi connectivity index (χ2n) is 5.89. The number of aromatic nitrogens is 1. The first kappa shape index (κ1) is 16.7. The zero-order valence-corrected chi connectivity index (χ0v) is 13.6. The fraction of sp³-hybridized carbons (Fsp3) is 0.278. The number of pyridine rings is 1. The van der Waals surface area contributed by atoms with Crippen molar-refractivity contribution in [3.63, 3.8) is 0 Å². The number of hydrogen-bond donors (Lipinski definition) is 2. The highest BCUT2D eigenvalue weighted by atomic mass is 16.2. The van der Waals surface area contributed by atoms with E-state index in [1.54, 1.807) is 6.07 Å². The minimum atomic E-state index is -0.290. The number of aryl methyl sites for hydroxylation is 1. The van der Waals surface area contributed by atoms with Crippen molar-refractivity contribution < 1.29 is 9.59 Å². The van der Waals surface area contributed by atoms with Crippen LogP contribution < -0.4 is 10.6 Å². The van der Waals surface area contributed by atoms with Crippen molar-refractivity contribution >= 4 is 17.5 Å². The van der Waals surface area contributed by atoms with E-state index in [0.717, 1.165) is 5.56 Å². The molecule has 0 radical (unpaired) electrons. The average Bonchev–Trinajstić information content (AvgIpc) is 2.52. The van der Waals surface area contributed by atoms with Crippen molar-refractivity contribution in [2.24, 2.45) is 5.92 Å². The molecule has 0 unspecified atom stereocenters. The quantitative estimate of drug-likeness (QED) is 0.891. The fourth-order valence-corrected chi connectivity index (χ4v) is 2.01. The van der Waals surface area contributed by atoms with Gasteiger partial charge in [0.25, 0.3) is 11.8 Å². The van der Waals surface area contributed by atoms with Gasteiger partial charge in [-0.2, -0.15) is 0 Å². The maximum atomic E-state index is 12.3. The molecule has 0 bridgehead atoms. The lowest BCUT2D eigenvalue weighted by atomic mass is 10.1. The lowest BCUT2D eigenvalue weighted by molar-refractivity contribution is 0.0948. The van der Waals surface area contributed by atoms with Crippen LogP contribution in [0.4, 0.5) is 5.69 Å². The van der Waals surface area contributed by atoms with Crippen LogP contribution in [-0.4, -0.2) is 23.3 Å². The van der Waals surface area contributed by atoms with Gasteiger partial charge in [-0.3, -0.25) is 14.6 Å². The largest absolute Gasteiger partial charge is 0.352 e. The van der Waals surface area contributed by atoms with Crippen LogP contribution in [0.1, 0.15) is 40.1 Å². The Bertz CT molecular complexity index is 711. The Morgan fingerprint density at radius 1 is 1.09 bits per heavy atom. The van der Waals surface area contributed by atoms with Gasteiger partial charge >= 0.3 is 0 Å². The number of nitrogens with zero attached hydrogens (tertiary/aromatic N) is 1. The Morgan fingerprint density at radius 2 is 1.78 bits per heavy atom. The van der Waals surface area contributed by atoms with Gasteiger partial charge in [0.05, 0.1) is 11.1 Å². The fourth-order valence-electron chi connectivity index (χ4n) is 2.01. The molecule has 1 aromatic carbocycles. The lowest BCUT2D eigenvalue weighted by Gasteiger charge is -2.09. The van der Waals surface area contributed by atoms with Gasteiger partial charge in [-0.25, -0.2) is 0 Å². The average molecular weight is 311 g/mol. The summed E-state index contributed by atoms with van der Waals surface area (Å²) in [6.45, 7) is 6.57. The first-order valence-electron chi connectivity index (χ1n) is 7.57. The SMILES string of the molecule is Cc1cccc(NC(=O)c2cncc(C(=O)NCC(C)C)c2)c1. The molecule has 5 heteroatoms. The number of nitrogens with one attached hydrogen (secondary N) is 2. The van der Waals surface area contributed by atoms with E-state index in [9.17, 15) is 9.59 Å². The van der Waals surface area contributed by atoms with Crippen LogP contribution in [0.25, 0.3) is 0 Å². The van der Waals surface area contributed by atoms with E-state index < -0.39 is 0 Å². The summed E-state index contributed by atoms with van der Waals surface area (Å²) in [4.78, 5) is 28.3. The minimum absolute atomic E-state index is 0.226. The Kier molecular flexibility index (Phi) is 5.46. The predicted molar refractivity (Wildman–Crippen MR) is 90.5 cm³/mol. The molecule has 23 heavy (non-hydrogen) atoms. The van der Waals surface area contributed by atoms with E-state index in [0.29, 0.717) is 29.3 Å². The molecule has 0 aliphatic heterocycles. The molecule has 0 atom stereocenters. The highest BCUT2D eigenvalue weighted by Gasteiger charge is 2.12. The minimum Gasteiger partial charge on any atom is -0.352 e. The van der Waals surface area contributed by atoms with Crippen molar-refractivity contribution in [1.29, 1.82) is 0 Å². The smallest absolute Gasteiger partial charge is 0.257 e. The van der Waals surface area contributed by atoms with Crippen molar-refractivity contribution in [3.8, 4) is 0 Å². The standard InChI is InChI=1S/C18H21N3O2/c1-12(2)9-20-17(22)14-8-15(11-19-10-14)18(23)21-16-6-4-5-13(3)7-16/h4-8,10-12H,9H2,1-3H3,(H,20,22)(H,21,23). The van der Waals surface area contributed by atoms with E-state index in [4.69, 9.17) is 0 Å². The molecule has 120 valence electrons. The van der Waals surface area contributed by atoms with Gasteiger partial charge in [0.15, 0.2) is 0 Å². The highest BCUT2D eigenvalue weighted by molar-refractivity contribution is 6.05. The van der Waals surface area contributed by atoms with Crippen LogP contribution in [0.2, 0.25) is 0 Å². The molecule has 2 N–H and O–H groups in total. The van der Waals surface area contributed by atoms with E-state index in [1.807, 2.05) is 45.0 Å². The van der Waals surface area contributed by atoms with Crippen LogP contribution in [0.3, 0.4) is 0 Å². The first-order valence-corrected chi connectivity index (χ1v) is 7.57. The van der Waals surface area contributed by atoms with Crippen LogP contribution in [0.15, 0.2) is 42.7 Å². The molecule has 5 nitrogen and oxygen atoms in total. The van der Waals surface area contributed by atoms with Gasteiger partial charge in [0, 0.05) is 24.6 Å². The topological polar surface area (TPSA) is 71.1 Å². The number of benzene rings is 1. The van der Waals surface area contributed by atoms with Crippen LogP contribution in [0, 0.1) is 12.8 Å². The van der Waals surface area contributed by atoms with Crippen molar-refractivity contribution in [2.75, 3.05) is 11.9 Å². The number of anilines is 1. The predicted octanol–water partition coefficient (Wildman–Crippen LogP) is 3.03. The Balaban J connectivity index is 2.09. The van der Waals surface area contributed by atoms with Gasteiger partial charge in [-0.1, -0.05) is 26.0 Å². The molecule has 2 amide bonds. The normalized spacial score (nSPS) is 10.4. The molecular formula is C18H21N3O2. The summed E-state index contributed by atoms with van der Waals surface area (Å²) in [6, 6.07) is 9.08. The van der Waals surface area contributed by atoms with Gasteiger partial charge in [-0.05, 0) is 36.6 Å². The molecule has 0 aliphatic carbocycles. The van der Waals surface area contributed by atoms with Gasteiger partial charge in [0.1, 0.15) is 0 Å². The summed E-state index contributed by atoms with van der Waals surface area (Å²) in [5, 5.41) is 5.62. The third kappa shape index (κ3) is 4.92. The summed E-state index contributed by atoms with van der Waals surface area (Å²) in [5.41, 5.74) is 2.50. The molecule has 2 aromatic rings. The molecule has 2 rings (SSSR count). The molecule has 1 heterocycles. The number of carbonyl (C=O) groups excluding carboxylic acids is 2. The summed E-state index contributed by atoms with van der Waals surface area (Å²) < 4.78 is 0. The second-order valence-corrected chi connectivity index (χ2v) is 5.89. The zero-order chi connectivity index (χ0) is 16.8. The highest BCUT2D eigenvalue weighted by Crippen LogP contribution is 2.12. The molecular weight excluding hydrogens is 290 g/mol. The molecule has 0 saturated carbocycles. The van der Waals surface area contributed by atoms with Crippen LogP contribution in [-0.2, 0) is 0 Å². The Morgan fingerprint density at radius 3 is 2.43 bits per heavy atom. The van der Waals surface area contributed by atoms with Gasteiger partial charge < -0.3 is 10.6 Å². The summed E-state index contributed by atoms with van der Waals surface area (Å²) in [5.74, 6) is -0.155. The second kappa shape index (κ2) is 7.54. The maximum Gasteiger partial charge on any atom is 0.257 e. The number of rotatable bonds is 5. The molecule has 0 fully saturated rings. The first-order chi connectivity index (χ1) is 11.0. The molecule has 0 spiro atoms. The van der Waals surface area contributed by atoms with E-state index in [-0.39, 0.29) is 11.8 Å². The summed E-state index contributed by atoms with van der Waals surface area (Å²) >= 11 is 0. The zero-order valence-electron chi connectivity index (χ0n) is 13.6. The molecule has 0 saturated heterocycles. The van der Waals surface area contributed by atoms with Crippen molar-refractivity contribution in [3.05, 3.63) is 59.4 Å². The Labute approximate surface area is 136 Å². The third-order valence-electron chi connectivity index (χ3n) is 3.21. The van der Waals surface area contributed by atoms with E-state index in [1.165, 1.54) is 12.4 Å². The monoisotopic (exact) mass is 311 g/mol. The number of carbonyl (C=O) groups is 2. The van der Waals surface area contributed by atoms with Crippen LogP contribution >= 0.6 is 0 Å². The van der Waals surface area contributed by atoms with E-state index in [2.05, 4.69) is 15.6 Å². The lowest BCUT2D eigenvalue weighted by Crippen LogP contribution is -2.27. The molecule has 1 aromatic heterocycles. The van der Waals surface area contributed by atoms with Crippen molar-refractivity contribution in [1.82, 2.24) is 10.3 Å². The third-order valence-corrected chi connectivity index (χ3v) is 3.21. The summed E-state index contributed by atoms with van der Waals surface area (Å²) in [7, 11) is 0. The van der Waals surface area contributed by atoms with Gasteiger partial charge in [0.2, 0.25) is 0 Å². The number of hydrogen-bond acceptors (Lipinski definition) is 3. The summed E-state index contributed by atoms with van der Waals surface area (Å²) in [6.07, 6.45) is 2.91. The van der Waals surface area contributed by atoms with Crippen LogP contribution in [0.5, 0.6) is 0 Å². The van der Waals surface area contributed by atoms with E-state index >= 15 is 0 Å². The molecule has 0 aliphatic rings.